The van der Waals surface area contributed by atoms with E-state index in [9.17, 15) is 33.1 Å². The minimum Gasteiger partial charge on any atom is -0.457 e. The maximum Gasteiger partial charge on any atom is 0.397 e. The van der Waals surface area contributed by atoms with Gasteiger partial charge in [-0.05, 0) is 103 Å². The van der Waals surface area contributed by atoms with E-state index in [0.29, 0.717) is 13.0 Å². The fourth-order valence-corrected chi connectivity index (χ4v) is 8.41. The first-order chi connectivity index (χ1) is 36.1. The topological polar surface area (TPSA) is 178 Å². The van der Waals surface area contributed by atoms with E-state index in [1.807, 2.05) is 0 Å². The summed E-state index contributed by atoms with van der Waals surface area (Å²) in [5.74, 6) is -0.416. The highest BCUT2D eigenvalue weighted by Crippen LogP contribution is 2.26. The van der Waals surface area contributed by atoms with Crippen molar-refractivity contribution in [1.29, 1.82) is 0 Å². The fourth-order valence-electron chi connectivity index (χ4n) is 7.90. The molecular weight excluding hydrogens is 957 g/mol. The molecule has 6 atom stereocenters. The Labute approximate surface area is 449 Å². The zero-order valence-corrected chi connectivity index (χ0v) is 46.4. The molecule has 0 spiro atoms. The zero-order valence-electron chi connectivity index (χ0n) is 45.6. The number of esters is 1. The number of rotatable bonds is 48. The summed E-state index contributed by atoms with van der Waals surface area (Å²) in [5.41, 5.74) is 0. The van der Waals surface area contributed by atoms with E-state index in [1.165, 1.54) is 44.9 Å². The van der Waals surface area contributed by atoms with Crippen LogP contribution in [0.25, 0.3) is 0 Å². The van der Waals surface area contributed by atoms with E-state index in [4.69, 9.17) is 18.9 Å². The summed E-state index contributed by atoms with van der Waals surface area (Å²) in [4.78, 5) is 13.0. The molecule has 0 aromatic rings. The number of unbranched alkanes of at least 4 members (excludes halogenated alkanes) is 15. The van der Waals surface area contributed by atoms with Crippen molar-refractivity contribution in [2.24, 2.45) is 0 Å². The molecule has 0 aromatic heterocycles. The Bertz CT molecular complexity index is 1740. The molecule has 1 heterocycles. The average Bonchev–Trinajstić information content (AvgIpc) is 3.38. The number of aliphatic hydroxyl groups excluding tert-OH is 3. The number of hydrogen-bond acceptors (Lipinski definition) is 11. The largest absolute Gasteiger partial charge is 0.457 e. The predicted octanol–water partition coefficient (Wildman–Crippen LogP) is 14.1. The molecule has 0 saturated carbocycles. The van der Waals surface area contributed by atoms with Gasteiger partial charge in [0.1, 0.15) is 30.5 Å². The third-order valence-corrected chi connectivity index (χ3v) is 12.5. The molecule has 6 unspecified atom stereocenters. The quantitative estimate of drug-likeness (QED) is 0.0196. The molecular formula is C61H100O12S. The normalized spacial score (nSPS) is 19.7. The van der Waals surface area contributed by atoms with Crippen LogP contribution in [0.1, 0.15) is 194 Å². The minimum atomic E-state index is -5.08. The van der Waals surface area contributed by atoms with E-state index in [2.05, 4.69) is 140 Å². The molecule has 422 valence electrons. The molecule has 0 amide bonds. The lowest BCUT2D eigenvalue weighted by Gasteiger charge is -2.41. The molecule has 0 bridgehead atoms. The number of hydrogen-bond donors (Lipinski definition) is 4. The van der Waals surface area contributed by atoms with Crippen LogP contribution in [-0.4, -0.2) is 97.5 Å². The van der Waals surface area contributed by atoms with Gasteiger partial charge >= 0.3 is 16.4 Å². The molecule has 74 heavy (non-hydrogen) atoms. The number of allylic oxidation sites excluding steroid dienone is 20. The highest BCUT2D eigenvalue weighted by atomic mass is 32.3. The summed E-state index contributed by atoms with van der Waals surface area (Å²) in [7, 11) is -5.08. The second-order valence-corrected chi connectivity index (χ2v) is 19.8. The zero-order chi connectivity index (χ0) is 53.8. The SMILES string of the molecule is CC/C=C\C/C=C\C/C=C\C/C=C\C/C=C\C/C=C\CCCCCCCCCOCC(COC1OC(CO)C(O)C(OS(=O)(=O)O)C1O)OC(=O)CCCCCCCCCC/C=C\C/C=C\C/C=C\C/C=C\CC. The Morgan fingerprint density at radius 2 is 0.892 bits per heavy atom. The number of carbonyl (C=O) groups is 1. The van der Waals surface area contributed by atoms with Crippen molar-refractivity contribution >= 4 is 16.4 Å². The highest BCUT2D eigenvalue weighted by Gasteiger charge is 2.48. The molecule has 1 saturated heterocycles. The molecule has 0 aromatic carbocycles. The Balaban J connectivity index is 2.34. The maximum atomic E-state index is 13.0. The van der Waals surface area contributed by atoms with Gasteiger partial charge in [-0.3, -0.25) is 9.35 Å². The van der Waals surface area contributed by atoms with Crippen LogP contribution in [0.4, 0.5) is 0 Å². The van der Waals surface area contributed by atoms with E-state index in [-0.39, 0.29) is 19.6 Å². The Morgan fingerprint density at radius 1 is 0.514 bits per heavy atom. The van der Waals surface area contributed by atoms with Gasteiger partial charge in [0.2, 0.25) is 0 Å². The molecule has 0 radical (unpaired) electrons. The summed E-state index contributed by atoms with van der Waals surface area (Å²) in [6.45, 7) is 3.72. The first-order valence-corrected chi connectivity index (χ1v) is 29.7. The maximum absolute atomic E-state index is 13.0. The first kappa shape index (κ1) is 68.5. The second-order valence-electron chi connectivity index (χ2n) is 18.8. The van der Waals surface area contributed by atoms with Gasteiger partial charge in [-0.1, -0.05) is 206 Å². The number of ether oxygens (including phenoxy) is 4. The minimum absolute atomic E-state index is 0.0163. The van der Waals surface area contributed by atoms with Crippen molar-refractivity contribution < 1.29 is 56.2 Å². The molecule has 1 aliphatic heterocycles. The lowest BCUT2D eigenvalue weighted by molar-refractivity contribution is -0.301. The van der Waals surface area contributed by atoms with Gasteiger partial charge in [0.05, 0.1) is 19.8 Å². The van der Waals surface area contributed by atoms with Gasteiger partial charge < -0.3 is 34.3 Å². The molecule has 1 aliphatic rings. The van der Waals surface area contributed by atoms with Gasteiger partial charge in [0.15, 0.2) is 6.29 Å². The molecule has 12 nitrogen and oxygen atoms in total. The Kier molecular flexibility index (Phi) is 46.6. The molecule has 1 fully saturated rings. The number of carbonyl (C=O) groups excluding carboxylic acids is 1. The van der Waals surface area contributed by atoms with Crippen molar-refractivity contribution in [2.45, 2.75) is 230 Å². The summed E-state index contributed by atoms with van der Waals surface area (Å²) >= 11 is 0. The van der Waals surface area contributed by atoms with E-state index < -0.39 is 59.8 Å². The van der Waals surface area contributed by atoms with Crippen LogP contribution in [-0.2, 0) is 38.3 Å². The van der Waals surface area contributed by atoms with Crippen molar-refractivity contribution in [3.8, 4) is 0 Å². The summed E-state index contributed by atoms with van der Waals surface area (Å²) < 4.78 is 59.4. The number of aliphatic hydroxyl groups is 3. The summed E-state index contributed by atoms with van der Waals surface area (Å²) in [6, 6.07) is 0. The molecule has 4 N–H and O–H groups in total. The van der Waals surface area contributed by atoms with E-state index in [0.717, 1.165) is 122 Å². The molecule has 1 rings (SSSR count). The van der Waals surface area contributed by atoms with Crippen LogP contribution >= 0.6 is 0 Å². The van der Waals surface area contributed by atoms with Crippen LogP contribution in [0.5, 0.6) is 0 Å². The van der Waals surface area contributed by atoms with Crippen LogP contribution < -0.4 is 0 Å². The van der Waals surface area contributed by atoms with E-state index >= 15 is 0 Å². The highest BCUT2D eigenvalue weighted by molar-refractivity contribution is 7.80. The summed E-state index contributed by atoms with van der Waals surface area (Å²) in [5, 5.41) is 30.8. The van der Waals surface area contributed by atoms with Gasteiger partial charge in [-0.25, -0.2) is 4.18 Å². The molecule has 13 heteroatoms. The monoisotopic (exact) mass is 1060 g/mol. The lowest BCUT2D eigenvalue weighted by Crippen LogP contribution is -2.60. The molecule has 0 aliphatic carbocycles. The van der Waals surface area contributed by atoms with Crippen molar-refractivity contribution in [3.05, 3.63) is 122 Å². The average molecular weight is 1060 g/mol. The van der Waals surface area contributed by atoms with Gasteiger partial charge in [-0.15, -0.1) is 0 Å². The van der Waals surface area contributed by atoms with Gasteiger partial charge in [0.25, 0.3) is 0 Å². The van der Waals surface area contributed by atoms with E-state index in [1.54, 1.807) is 0 Å². The lowest BCUT2D eigenvalue weighted by atomic mass is 9.99. The van der Waals surface area contributed by atoms with Crippen molar-refractivity contribution in [3.63, 3.8) is 0 Å². The third kappa shape index (κ3) is 42.7. The van der Waals surface area contributed by atoms with Crippen LogP contribution in [0.15, 0.2) is 122 Å². The first-order valence-electron chi connectivity index (χ1n) is 28.3. The third-order valence-electron chi connectivity index (χ3n) is 12.1. The Hall–Kier alpha value is -3.50. The second kappa shape index (κ2) is 50.3. The smallest absolute Gasteiger partial charge is 0.397 e. The predicted molar refractivity (Wildman–Crippen MR) is 303 cm³/mol. The van der Waals surface area contributed by atoms with Crippen LogP contribution in [0, 0.1) is 0 Å². The van der Waals surface area contributed by atoms with Gasteiger partial charge in [-0.2, -0.15) is 8.42 Å². The van der Waals surface area contributed by atoms with Crippen molar-refractivity contribution in [1.82, 2.24) is 0 Å². The van der Waals surface area contributed by atoms with Crippen LogP contribution in [0.2, 0.25) is 0 Å². The summed E-state index contributed by atoms with van der Waals surface area (Å²) in [6.07, 6.45) is 63.7. The Morgan fingerprint density at radius 3 is 1.30 bits per heavy atom. The fraction of sp³-hybridized carbons (Fsp3) is 0.656. The standard InChI is InChI=1S/C61H100O12S/c1-3-5-7-9-11-13-15-17-19-21-23-25-26-27-28-29-31-33-35-37-39-41-43-45-47-49-51-69-53-55(54-70-61-59(65)60(73-74(66,67)68)58(64)56(52-62)72-61)71-57(63)50-48-46-44-42-40-38-36-34-32-30-24-22-20-18-16-14-12-10-8-6-4-2/h5-8,11-14,17-20,23-25,27-28,30-31,33,55-56,58-62,64-65H,3-4,9-10,15-16,21-22,26,29,32,34-54H2,1-2H3,(H,66,67,68)/b7-5-,8-6-,13-11-,14-12-,19-17-,20-18-,25-23-,28-27-,30-24-,33-31-. The van der Waals surface area contributed by atoms with Crippen molar-refractivity contribution in [2.75, 3.05) is 26.4 Å². The van der Waals surface area contributed by atoms with Gasteiger partial charge in [0, 0.05) is 13.0 Å². The van der Waals surface area contributed by atoms with Crippen LogP contribution in [0.3, 0.4) is 0 Å².